The van der Waals surface area contributed by atoms with Gasteiger partial charge in [0.2, 0.25) is 10.0 Å². The largest absolute Gasteiger partial charge is 0.298 e. The Labute approximate surface area is 241 Å². The number of nitrogens with zero attached hydrogens (tertiary/aromatic N) is 2. The minimum absolute atomic E-state index is 0.0652. The molecule has 3 saturated heterocycles. The second kappa shape index (κ2) is 11.4. The van der Waals surface area contributed by atoms with Crippen molar-refractivity contribution in [1.82, 2.24) is 14.6 Å². The van der Waals surface area contributed by atoms with Crippen LogP contribution in [0, 0.1) is 11.8 Å². The number of pyridine rings is 1. The quantitative estimate of drug-likeness (QED) is 0.275. The molecule has 214 valence electrons. The van der Waals surface area contributed by atoms with Crippen LogP contribution >= 0.6 is 0 Å². The first kappa shape index (κ1) is 29.0. The molecule has 3 aliphatic rings. The third-order valence-corrected chi connectivity index (χ3v) is 10.8. The van der Waals surface area contributed by atoms with Crippen LogP contribution in [-0.2, 0) is 10.0 Å². The normalized spacial score (nSPS) is 23.8. The first-order chi connectivity index (χ1) is 19.0. The molecule has 0 saturated carbocycles. The van der Waals surface area contributed by atoms with E-state index in [9.17, 15) is 8.42 Å². The number of benzene rings is 2. The minimum atomic E-state index is -3.87. The Kier molecular flexibility index (Phi) is 8.24. The van der Waals surface area contributed by atoms with Gasteiger partial charge < -0.3 is 0 Å². The second-order valence-electron chi connectivity index (χ2n) is 12.8. The zero-order valence-electron chi connectivity index (χ0n) is 24.9. The van der Waals surface area contributed by atoms with E-state index >= 15 is 0 Å². The second-order valence-corrected chi connectivity index (χ2v) is 14.4. The van der Waals surface area contributed by atoms with Gasteiger partial charge >= 0.3 is 0 Å². The Morgan fingerprint density at radius 1 is 0.975 bits per heavy atom. The van der Waals surface area contributed by atoms with Crippen LogP contribution in [0.1, 0.15) is 100 Å². The smallest absolute Gasteiger partial charge is 0.241 e. The van der Waals surface area contributed by atoms with Gasteiger partial charge in [0.15, 0.2) is 0 Å². The summed E-state index contributed by atoms with van der Waals surface area (Å²) in [5.41, 5.74) is 4.87. The molecule has 0 spiro atoms. The van der Waals surface area contributed by atoms with Crippen LogP contribution in [0.25, 0.3) is 10.9 Å². The summed E-state index contributed by atoms with van der Waals surface area (Å²) in [4.78, 5) is 7.55. The molecule has 1 N–H and O–H groups in total. The molecule has 5 nitrogen and oxygen atoms in total. The Morgan fingerprint density at radius 3 is 2.23 bits per heavy atom. The molecule has 4 heterocycles. The molecule has 1 aromatic heterocycles. The molecule has 3 fully saturated rings. The van der Waals surface area contributed by atoms with E-state index in [-0.39, 0.29) is 17.9 Å². The lowest BCUT2D eigenvalue weighted by Gasteiger charge is -2.51. The van der Waals surface area contributed by atoms with Crippen molar-refractivity contribution in [2.75, 3.05) is 13.1 Å². The number of nitrogens with one attached hydrogen (secondary N) is 1. The number of para-hydroxylation sites is 1. The number of hydrogen-bond donors (Lipinski definition) is 1. The summed E-state index contributed by atoms with van der Waals surface area (Å²) in [6, 6.07) is 14.0. The maximum atomic E-state index is 14.7. The van der Waals surface area contributed by atoms with Crippen molar-refractivity contribution in [1.29, 1.82) is 0 Å². The SMILES string of the molecule is C=CC1CN2CCC1CC2[C@@H](NS(=O)(=O)c1c(C(C)C)cc(C(C)C)cc1C(C)C)c1ccnc2ccccc12. The van der Waals surface area contributed by atoms with Crippen molar-refractivity contribution in [3.8, 4) is 0 Å². The van der Waals surface area contributed by atoms with E-state index in [0.29, 0.717) is 22.6 Å². The zero-order chi connectivity index (χ0) is 28.8. The van der Waals surface area contributed by atoms with Gasteiger partial charge in [0, 0.05) is 24.2 Å². The summed E-state index contributed by atoms with van der Waals surface area (Å²) < 4.78 is 32.7. The van der Waals surface area contributed by atoms with Gasteiger partial charge in [-0.2, -0.15) is 0 Å². The van der Waals surface area contributed by atoms with Gasteiger partial charge in [-0.25, -0.2) is 13.1 Å². The lowest BCUT2D eigenvalue weighted by Crippen LogP contribution is -2.57. The van der Waals surface area contributed by atoms with Gasteiger partial charge in [0.05, 0.1) is 16.5 Å². The predicted octanol–water partition coefficient (Wildman–Crippen LogP) is 7.52. The zero-order valence-corrected chi connectivity index (χ0v) is 25.7. The van der Waals surface area contributed by atoms with Crippen molar-refractivity contribution < 1.29 is 8.42 Å². The fourth-order valence-corrected chi connectivity index (χ4v) is 8.83. The first-order valence-corrected chi connectivity index (χ1v) is 16.4. The van der Waals surface area contributed by atoms with E-state index in [4.69, 9.17) is 0 Å². The van der Waals surface area contributed by atoms with E-state index in [1.807, 2.05) is 30.5 Å². The van der Waals surface area contributed by atoms with Gasteiger partial charge in [-0.05, 0) is 83.4 Å². The Bertz CT molecular complexity index is 1460. The van der Waals surface area contributed by atoms with Gasteiger partial charge in [0.25, 0.3) is 0 Å². The fraction of sp³-hybridized carbons (Fsp3) is 0.500. The van der Waals surface area contributed by atoms with Crippen LogP contribution in [0.15, 0.2) is 66.2 Å². The number of rotatable bonds is 9. The molecule has 2 aromatic carbocycles. The van der Waals surface area contributed by atoms with Crippen LogP contribution in [0.5, 0.6) is 0 Å². The monoisotopic (exact) mass is 559 g/mol. The number of sulfonamides is 1. The third-order valence-electron chi connectivity index (χ3n) is 9.19. The maximum absolute atomic E-state index is 14.7. The van der Waals surface area contributed by atoms with Gasteiger partial charge in [-0.1, -0.05) is 78.0 Å². The Morgan fingerprint density at radius 2 is 1.65 bits per heavy atom. The average Bonchev–Trinajstić information content (AvgIpc) is 2.95. The summed E-state index contributed by atoms with van der Waals surface area (Å²) >= 11 is 0. The van der Waals surface area contributed by atoms with Crippen LogP contribution in [0.4, 0.5) is 0 Å². The topological polar surface area (TPSA) is 62.3 Å². The van der Waals surface area contributed by atoms with E-state index in [2.05, 4.69) is 87.0 Å². The van der Waals surface area contributed by atoms with E-state index in [0.717, 1.165) is 53.5 Å². The van der Waals surface area contributed by atoms with Crippen molar-refractivity contribution in [3.63, 3.8) is 0 Å². The van der Waals surface area contributed by atoms with Gasteiger partial charge in [0.1, 0.15) is 0 Å². The molecule has 0 amide bonds. The van der Waals surface area contributed by atoms with Crippen LogP contribution in [0.3, 0.4) is 0 Å². The van der Waals surface area contributed by atoms with Crippen LogP contribution in [0.2, 0.25) is 0 Å². The molecular weight excluding hydrogens is 514 g/mol. The molecule has 0 aliphatic carbocycles. The molecule has 6 heteroatoms. The van der Waals surface area contributed by atoms with Crippen molar-refractivity contribution in [3.05, 3.63) is 83.6 Å². The first-order valence-electron chi connectivity index (χ1n) is 14.9. The van der Waals surface area contributed by atoms with Crippen LogP contribution < -0.4 is 4.72 Å². The fourth-order valence-electron chi connectivity index (χ4n) is 6.89. The number of fused-ring (bicyclic) bond motifs is 4. The third kappa shape index (κ3) is 5.38. The molecule has 5 atom stereocenters. The highest BCUT2D eigenvalue weighted by atomic mass is 32.2. The highest BCUT2D eigenvalue weighted by molar-refractivity contribution is 7.89. The molecule has 6 rings (SSSR count). The number of hydrogen-bond acceptors (Lipinski definition) is 4. The standard InChI is InChI=1S/C34H45N3O2S/c1-8-24-20-37-16-14-25(24)19-32(37)33(28-13-15-35-31-12-10-9-11-27(28)31)36-40(38,39)34-29(22(4)5)17-26(21(2)3)18-30(34)23(6)7/h8-13,15,17-18,21-25,32-33,36H,1,14,16,19-20H2,2-7H3/t24?,25?,32?,33-/m0/s1. The van der Waals surface area contributed by atoms with E-state index < -0.39 is 16.1 Å². The maximum Gasteiger partial charge on any atom is 0.241 e. The summed E-state index contributed by atoms with van der Waals surface area (Å²) in [6.07, 6.45) is 5.99. The Balaban J connectivity index is 1.67. The molecular formula is C34H45N3O2S. The van der Waals surface area contributed by atoms with E-state index in [1.165, 1.54) is 5.56 Å². The lowest BCUT2D eigenvalue weighted by molar-refractivity contribution is 0.00490. The lowest BCUT2D eigenvalue weighted by atomic mass is 9.73. The van der Waals surface area contributed by atoms with Gasteiger partial charge in [-0.15, -0.1) is 6.58 Å². The summed E-state index contributed by atoms with van der Waals surface area (Å²) in [6.45, 7) is 18.7. The number of aromatic nitrogens is 1. The number of piperidine rings is 3. The summed E-state index contributed by atoms with van der Waals surface area (Å²) in [7, 11) is -3.87. The molecule has 3 aliphatic heterocycles. The van der Waals surface area contributed by atoms with E-state index in [1.54, 1.807) is 0 Å². The molecule has 2 bridgehead atoms. The molecule has 3 aromatic rings. The molecule has 0 radical (unpaired) electrons. The highest BCUT2D eigenvalue weighted by Gasteiger charge is 2.44. The molecule has 4 unspecified atom stereocenters. The predicted molar refractivity (Wildman–Crippen MR) is 165 cm³/mol. The van der Waals surface area contributed by atoms with Gasteiger partial charge in [-0.3, -0.25) is 9.88 Å². The summed E-state index contributed by atoms with van der Waals surface area (Å²) in [5, 5.41) is 1.00. The highest BCUT2D eigenvalue weighted by Crippen LogP contribution is 2.43. The van der Waals surface area contributed by atoms with Crippen molar-refractivity contribution in [2.24, 2.45) is 11.8 Å². The summed E-state index contributed by atoms with van der Waals surface area (Å²) in [5.74, 6) is 1.45. The minimum Gasteiger partial charge on any atom is -0.298 e. The molecule has 40 heavy (non-hydrogen) atoms. The Hall–Kier alpha value is -2.54. The van der Waals surface area contributed by atoms with Crippen molar-refractivity contribution in [2.45, 2.75) is 89.1 Å². The van der Waals surface area contributed by atoms with Crippen LogP contribution in [-0.4, -0.2) is 37.4 Å². The average molecular weight is 560 g/mol. The van der Waals surface area contributed by atoms with Crippen molar-refractivity contribution >= 4 is 20.9 Å².